The molecule has 2 fully saturated rings. The maximum Gasteiger partial charge on any atom is 0.255 e. The van der Waals surface area contributed by atoms with Crippen LogP contribution in [0.15, 0.2) is 42.5 Å². The number of nitrogens with one attached hydrogen (secondary N) is 2. The number of amides is 2. The fourth-order valence-electron chi connectivity index (χ4n) is 4.81. The summed E-state index contributed by atoms with van der Waals surface area (Å²) in [4.78, 5) is 27.5. The van der Waals surface area contributed by atoms with Gasteiger partial charge in [0.15, 0.2) is 0 Å². The van der Waals surface area contributed by atoms with E-state index in [1.807, 2.05) is 24.3 Å². The standard InChI is InChI=1S/C26H31ClFN3O2/c27-21-14-20(15-22(28)16-21)26(33)30-24-8-4-5-18(13-24)17-31-11-9-19(10-12-31)25(32)29-23-6-2-1-3-7-23/h4-5,8,13-16,19,23H,1-3,6-7,9-12,17H2,(H,29,32)(H,30,33). The molecule has 0 bridgehead atoms. The molecule has 2 aliphatic rings. The van der Waals surface area contributed by atoms with Crippen molar-refractivity contribution in [1.29, 1.82) is 0 Å². The number of carbonyl (C=O) groups is 2. The third-order valence-corrected chi connectivity index (χ3v) is 6.84. The molecule has 1 saturated carbocycles. The molecule has 0 atom stereocenters. The summed E-state index contributed by atoms with van der Waals surface area (Å²) < 4.78 is 13.6. The lowest BCUT2D eigenvalue weighted by Gasteiger charge is -2.32. The average molecular weight is 472 g/mol. The predicted octanol–water partition coefficient (Wildman–Crippen LogP) is 5.39. The molecule has 0 unspecified atom stereocenters. The lowest BCUT2D eigenvalue weighted by Crippen LogP contribution is -2.44. The number of anilines is 1. The van der Waals surface area contributed by atoms with Crippen LogP contribution in [-0.2, 0) is 11.3 Å². The molecule has 2 amide bonds. The zero-order valence-corrected chi connectivity index (χ0v) is 19.5. The first-order valence-corrected chi connectivity index (χ1v) is 12.2. The van der Waals surface area contributed by atoms with E-state index in [0.29, 0.717) is 11.7 Å². The van der Waals surface area contributed by atoms with Crippen LogP contribution in [0.2, 0.25) is 5.02 Å². The number of piperidine rings is 1. The van der Waals surface area contributed by atoms with Crippen LogP contribution in [0.25, 0.3) is 0 Å². The first kappa shape index (κ1) is 23.7. The third kappa shape index (κ3) is 6.78. The van der Waals surface area contributed by atoms with Crippen LogP contribution < -0.4 is 10.6 Å². The number of benzene rings is 2. The smallest absolute Gasteiger partial charge is 0.255 e. The van der Waals surface area contributed by atoms with Crippen LogP contribution in [0.3, 0.4) is 0 Å². The van der Waals surface area contributed by atoms with Crippen molar-refractivity contribution >= 4 is 29.1 Å². The van der Waals surface area contributed by atoms with Crippen molar-refractivity contribution in [3.8, 4) is 0 Å². The van der Waals surface area contributed by atoms with Crippen molar-refractivity contribution < 1.29 is 14.0 Å². The summed E-state index contributed by atoms with van der Waals surface area (Å²) in [6.45, 7) is 2.51. The van der Waals surface area contributed by atoms with Crippen LogP contribution in [0.4, 0.5) is 10.1 Å². The predicted molar refractivity (Wildman–Crippen MR) is 129 cm³/mol. The first-order valence-electron chi connectivity index (χ1n) is 11.9. The molecule has 4 rings (SSSR count). The Morgan fingerprint density at radius 2 is 1.76 bits per heavy atom. The largest absolute Gasteiger partial charge is 0.353 e. The maximum absolute atomic E-state index is 13.6. The van der Waals surface area contributed by atoms with Crippen molar-refractivity contribution in [2.45, 2.75) is 57.5 Å². The Morgan fingerprint density at radius 3 is 2.48 bits per heavy atom. The summed E-state index contributed by atoms with van der Waals surface area (Å²) in [5, 5.41) is 6.27. The maximum atomic E-state index is 13.6. The van der Waals surface area contributed by atoms with E-state index in [2.05, 4.69) is 15.5 Å². The lowest BCUT2D eigenvalue weighted by atomic mass is 9.92. The molecular weight excluding hydrogens is 441 g/mol. The highest BCUT2D eigenvalue weighted by atomic mass is 35.5. The van der Waals surface area contributed by atoms with E-state index in [1.54, 1.807) is 0 Å². The fraction of sp³-hybridized carbons (Fsp3) is 0.462. The normalized spacial score (nSPS) is 18.1. The Hall–Kier alpha value is -2.44. The minimum atomic E-state index is -0.544. The molecular formula is C26H31ClFN3O2. The van der Waals surface area contributed by atoms with E-state index >= 15 is 0 Å². The van der Waals surface area contributed by atoms with Crippen LogP contribution >= 0.6 is 11.6 Å². The van der Waals surface area contributed by atoms with Gasteiger partial charge < -0.3 is 10.6 Å². The molecule has 1 heterocycles. The number of nitrogens with zero attached hydrogens (tertiary/aromatic N) is 1. The van der Waals surface area contributed by atoms with E-state index in [0.717, 1.165) is 50.9 Å². The Bertz CT molecular complexity index is 965. The van der Waals surface area contributed by atoms with Crippen LogP contribution in [-0.4, -0.2) is 35.8 Å². The monoisotopic (exact) mass is 471 g/mol. The van der Waals surface area contributed by atoms with E-state index in [-0.39, 0.29) is 22.4 Å². The van der Waals surface area contributed by atoms with E-state index in [4.69, 9.17) is 11.6 Å². The van der Waals surface area contributed by atoms with Crippen molar-refractivity contribution in [3.05, 3.63) is 64.4 Å². The van der Waals surface area contributed by atoms with Crippen molar-refractivity contribution in [2.75, 3.05) is 18.4 Å². The topological polar surface area (TPSA) is 61.4 Å². The molecule has 0 radical (unpaired) electrons. The van der Waals surface area contributed by atoms with Gasteiger partial charge in [-0.15, -0.1) is 0 Å². The molecule has 0 spiro atoms. The molecule has 2 aromatic carbocycles. The van der Waals surface area contributed by atoms with Gasteiger partial charge in [0.25, 0.3) is 5.91 Å². The second-order valence-corrected chi connectivity index (χ2v) is 9.64. The van der Waals surface area contributed by atoms with Gasteiger partial charge in [-0.3, -0.25) is 14.5 Å². The van der Waals surface area contributed by atoms with Crippen molar-refractivity contribution in [2.24, 2.45) is 5.92 Å². The Labute approximate surface area is 199 Å². The summed E-state index contributed by atoms with van der Waals surface area (Å²) in [5.41, 5.74) is 1.91. The molecule has 2 aromatic rings. The average Bonchev–Trinajstić information content (AvgIpc) is 2.80. The van der Waals surface area contributed by atoms with Crippen LogP contribution in [0.1, 0.15) is 60.9 Å². The highest BCUT2D eigenvalue weighted by molar-refractivity contribution is 6.31. The fourth-order valence-corrected chi connectivity index (χ4v) is 5.03. The zero-order valence-electron chi connectivity index (χ0n) is 18.8. The Morgan fingerprint density at radius 1 is 1.00 bits per heavy atom. The molecule has 0 aromatic heterocycles. The number of likely N-dealkylation sites (tertiary alicyclic amines) is 1. The van der Waals surface area contributed by atoms with Gasteiger partial charge in [0.1, 0.15) is 5.82 Å². The number of hydrogen-bond donors (Lipinski definition) is 2. The van der Waals surface area contributed by atoms with Gasteiger partial charge in [-0.1, -0.05) is 43.0 Å². The third-order valence-electron chi connectivity index (χ3n) is 6.63. The van der Waals surface area contributed by atoms with Gasteiger partial charge in [0.05, 0.1) is 0 Å². The van der Waals surface area contributed by atoms with E-state index < -0.39 is 11.7 Å². The SMILES string of the molecule is O=C(Nc1cccc(CN2CCC(C(=O)NC3CCCCC3)CC2)c1)c1cc(F)cc(Cl)c1. The molecule has 5 nitrogen and oxygen atoms in total. The minimum absolute atomic E-state index is 0.104. The van der Waals surface area contributed by atoms with Gasteiger partial charge in [-0.25, -0.2) is 4.39 Å². The summed E-state index contributed by atoms with van der Waals surface area (Å²) in [7, 11) is 0. The molecule has 7 heteroatoms. The second-order valence-electron chi connectivity index (χ2n) is 9.21. The molecule has 1 saturated heterocycles. The van der Waals surface area contributed by atoms with Gasteiger partial charge in [0, 0.05) is 34.8 Å². The molecule has 176 valence electrons. The Balaban J connectivity index is 1.27. The molecule has 2 N–H and O–H groups in total. The van der Waals surface area contributed by atoms with Crippen LogP contribution in [0, 0.1) is 11.7 Å². The lowest BCUT2D eigenvalue weighted by molar-refractivity contribution is -0.127. The van der Waals surface area contributed by atoms with Gasteiger partial charge in [0.2, 0.25) is 5.91 Å². The van der Waals surface area contributed by atoms with Crippen LogP contribution in [0.5, 0.6) is 0 Å². The van der Waals surface area contributed by atoms with Gasteiger partial charge >= 0.3 is 0 Å². The number of hydrogen-bond acceptors (Lipinski definition) is 3. The quantitative estimate of drug-likeness (QED) is 0.593. The summed E-state index contributed by atoms with van der Waals surface area (Å²) in [6.07, 6.45) is 7.70. The molecule has 1 aliphatic carbocycles. The minimum Gasteiger partial charge on any atom is -0.353 e. The highest BCUT2D eigenvalue weighted by Gasteiger charge is 2.27. The van der Waals surface area contributed by atoms with E-state index in [1.165, 1.54) is 37.5 Å². The number of rotatable bonds is 6. The van der Waals surface area contributed by atoms with Gasteiger partial charge in [-0.2, -0.15) is 0 Å². The Kier molecular flexibility index (Phi) is 7.99. The number of halogens is 2. The summed E-state index contributed by atoms with van der Waals surface area (Å²) >= 11 is 5.86. The summed E-state index contributed by atoms with van der Waals surface area (Å²) in [6, 6.07) is 11.8. The van der Waals surface area contributed by atoms with Crippen molar-refractivity contribution in [3.63, 3.8) is 0 Å². The van der Waals surface area contributed by atoms with Gasteiger partial charge in [-0.05, 0) is 74.7 Å². The zero-order chi connectivity index (χ0) is 23.2. The second kappa shape index (κ2) is 11.1. The van der Waals surface area contributed by atoms with E-state index in [9.17, 15) is 14.0 Å². The first-order chi connectivity index (χ1) is 16.0. The molecule has 1 aliphatic heterocycles. The summed E-state index contributed by atoms with van der Waals surface area (Å²) in [5.74, 6) is -0.619. The highest BCUT2D eigenvalue weighted by Crippen LogP contribution is 2.23. The number of carbonyl (C=O) groups excluding carboxylic acids is 2. The van der Waals surface area contributed by atoms with Crippen molar-refractivity contribution in [1.82, 2.24) is 10.2 Å². The molecule has 33 heavy (non-hydrogen) atoms.